The highest BCUT2D eigenvalue weighted by Gasteiger charge is 2.21. The number of rotatable bonds is 7. The van der Waals surface area contributed by atoms with Crippen LogP contribution in [0.1, 0.15) is 20.7 Å². The summed E-state index contributed by atoms with van der Waals surface area (Å²) in [6, 6.07) is 17.1. The van der Waals surface area contributed by atoms with Crippen molar-refractivity contribution >= 4 is 46.7 Å². The van der Waals surface area contributed by atoms with Crippen molar-refractivity contribution in [1.29, 1.82) is 0 Å². The van der Waals surface area contributed by atoms with Crippen molar-refractivity contribution in [1.82, 2.24) is 0 Å². The van der Waals surface area contributed by atoms with Crippen LogP contribution in [0.15, 0.2) is 60.7 Å². The Labute approximate surface area is 194 Å². The van der Waals surface area contributed by atoms with E-state index in [1.54, 1.807) is 18.2 Å². The van der Waals surface area contributed by atoms with Gasteiger partial charge in [-0.05, 0) is 35.4 Å². The number of halogens is 2. The summed E-state index contributed by atoms with van der Waals surface area (Å²) >= 11 is 12.2. The lowest BCUT2D eigenvalue weighted by atomic mass is 10.0. The third-order valence-electron chi connectivity index (χ3n) is 4.39. The lowest BCUT2D eigenvalue weighted by molar-refractivity contribution is -0.119. The number of hydrogen-bond donors (Lipinski definition) is 2. The number of ether oxygens (including phenoxy) is 2. The monoisotopic (exact) mass is 472 g/mol. The smallest absolute Gasteiger partial charge is 0.339 e. The zero-order chi connectivity index (χ0) is 23.3. The van der Waals surface area contributed by atoms with Crippen LogP contribution in [0, 0.1) is 0 Å². The van der Waals surface area contributed by atoms with Crippen molar-refractivity contribution in [2.45, 2.75) is 0 Å². The molecule has 0 radical (unpaired) electrons. The van der Waals surface area contributed by atoms with Gasteiger partial charge in [0.2, 0.25) is 0 Å². The maximum atomic E-state index is 13.1. The number of anilines is 1. The predicted octanol–water partition coefficient (Wildman–Crippen LogP) is 4.56. The molecule has 0 aliphatic heterocycles. The molecule has 3 aromatic carbocycles. The van der Waals surface area contributed by atoms with Gasteiger partial charge in [-0.3, -0.25) is 9.59 Å². The predicted molar refractivity (Wildman–Crippen MR) is 122 cm³/mol. The molecule has 2 amide bonds. The van der Waals surface area contributed by atoms with Gasteiger partial charge >= 0.3 is 5.97 Å². The number of carbonyl (C=O) groups excluding carboxylic acids is 3. The van der Waals surface area contributed by atoms with E-state index in [0.29, 0.717) is 0 Å². The minimum Gasteiger partial charge on any atom is -0.481 e. The first-order valence-corrected chi connectivity index (χ1v) is 10.0. The average molecular weight is 473 g/mol. The summed E-state index contributed by atoms with van der Waals surface area (Å²) in [7, 11) is 1.24. The summed E-state index contributed by atoms with van der Waals surface area (Å²) in [5.41, 5.74) is 7.09. The highest BCUT2D eigenvalue weighted by atomic mass is 35.5. The highest BCUT2D eigenvalue weighted by Crippen LogP contribution is 2.34. The van der Waals surface area contributed by atoms with Gasteiger partial charge in [-0.25, -0.2) is 4.79 Å². The van der Waals surface area contributed by atoms with Crippen molar-refractivity contribution in [3.8, 4) is 16.9 Å². The number of benzene rings is 3. The number of methoxy groups -OCH3 is 1. The molecule has 0 unspecified atom stereocenters. The molecule has 0 aromatic heterocycles. The van der Waals surface area contributed by atoms with E-state index in [9.17, 15) is 14.4 Å². The molecule has 0 saturated heterocycles. The van der Waals surface area contributed by atoms with Crippen LogP contribution >= 0.6 is 23.2 Å². The lowest BCUT2D eigenvalue weighted by Gasteiger charge is -2.15. The van der Waals surface area contributed by atoms with Gasteiger partial charge < -0.3 is 20.5 Å². The van der Waals surface area contributed by atoms with Crippen LogP contribution in [0.4, 0.5) is 5.69 Å². The summed E-state index contributed by atoms with van der Waals surface area (Å²) in [6.45, 7) is -0.488. The Bertz CT molecular complexity index is 1180. The van der Waals surface area contributed by atoms with Crippen molar-refractivity contribution < 1.29 is 23.9 Å². The number of amides is 2. The molecule has 3 aromatic rings. The Morgan fingerprint density at radius 2 is 1.66 bits per heavy atom. The van der Waals surface area contributed by atoms with Crippen LogP contribution in [0.25, 0.3) is 11.1 Å². The molecule has 7 nitrogen and oxygen atoms in total. The fourth-order valence-electron chi connectivity index (χ4n) is 2.95. The average Bonchev–Trinajstić information content (AvgIpc) is 2.77. The third-order valence-corrected chi connectivity index (χ3v) is 4.89. The second-order valence-electron chi connectivity index (χ2n) is 6.59. The molecular formula is C23H18Cl2N2O5. The molecule has 3 rings (SSSR count). The van der Waals surface area contributed by atoms with E-state index in [4.69, 9.17) is 38.4 Å². The van der Waals surface area contributed by atoms with E-state index >= 15 is 0 Å². The Morgan fingerprint density at radius 3 is 2.31 bits per heavy atom. The fourth-order valence-corrected chi connectivity index (χ4v) is 3.50. The molecule has 0 aliphatic carbocycles. The second-order valence-corrected chi connectivity index (χ2v) is 7.44. The molecule has 164 valence electrons. The first-order valence-electron chi connectivity index (χ1n) is 9.29. The number of esters is 1. The Hall–Kier alpha value is -3.55. The number of nitrogens with two attached hydrogens (primary N) is 1. The van der Waals surface area contributed by atoms with Gasteiger partial charge in [-0.2, -0.15) is 0 Å². The van der Waals surface area contributed by atoms with Crippen LogP contribution in [0.3, 0.4) is 0 Å². The fraction of sp³-hybridized carbons (Fsp3) is 0.0870. The SMILES string of the molecule is COC(=O)c1ccc(-c2ccccc2)cc1NC(=O)c1cc(Cl)cc(Cl)c1OCC(N)=O. The molecule has 0 bridgehead atoms. The molecular weight excluding hydrogens is 455 g/mol. The molecule has 3 N–H and O–H groups in total. The Kier molecular flexibility index (Phi) is 7.35. The largest absolute Gasteiger partial charge is 0.481 e. The van der Waals surface area contributed by atoms with E-state index in [1.807, 2.05) is 30.3 Å². The van der Waals surface area contributed by atoms with Crippen LogP contribution in [-0.2, 0) is 9.53 Å². The van der Waals surface area contributed by atoms with E-state index in [-0.39, 0.29) is 32.6 Å². The maximum absolute atomic E-state index is 13.1. The molecule has 0 heterocycles. The minimum absolute atomic E-state index is 0.0233. The molecule has 0 saturated carbocycles. The third kappa shape index (κ3) is 5.38. The Morgan fingerprint density at radius 1 is 0.938 bits per heavy atom. The van der Waals surface area contributed by atoms with E-state index in [0.717, 1.165) is 11.1 Å². The zero-order valence-electron chi connectivity index (χ0n) is 16.9. The zero-order valence-corrected chi connectivity index (χ0v) is 18.4. The van der Waals surface area contributed by atoms with E-state index in [2.05, 4.69) is 5.32 Å². The second kappa shape index (κ2) is 10.2. The summed E-state index contributed by atoms with van der Waals surface area (Å²) in [4.78, 5) is 36.5. The van der Waals surface area contributed by atoms with E-state index in [1.165, 1.54) is 19.2 Å². The van der Waals surface area contributed by atoms with Crippen LogP contribution in [0.5, 0.6) is 5.75 Å². The molecule has 0 aliphatic rings. The van der Waals surface area contributed by atoms with Gasteiger partial charge in [-0.15, -0.1) is 0 Å². The van der Waals surface area contributed by atoms with Crippen LogP contribution in [-0.4, -0.2) is 31.5 Å². The van der Waals surface area contributed by atoms with Crippen molar-refractivity contribution in [3.05, 3.63) is 81.8 Å². The summed E-state index contributed by atoms with van der Waals surface area (Å²) in [5.74, 6) is -2.10. The van der Waals surface area contributed by atoms with Gasteiger partial charge in [0.05, 0.1) is 28.9 Å². The van der Waals surface area contributed by atoms with Crippen molar-refractivity contribution in [2.75, 3.05) is 19.0 Å². The van der Waals surface area contributed by atoms with Crippen molar-refractivity contribution in [3.63, 3.8) is 0 Å². The number of hydrogen-bond acceptors (Lipinski definition) is 5. The summed E-state index contributed by atoms with van der Waals surface area (Å²) in [5, 5.41) is 2.88. The van der Waals surface area contributed by atoms with E-state index < -0.39 is 24.4 Å². The molecule has 32 heavy (non-hydrogen) atoms. The highest BCUT2D eigenvalue weighted by molar-refractivity contribution is 6.36. The van der Waals surface area contributed by atoms with Gasteiger partial charge in [0.25, 0.3) is 11.8 Å². The molecule has 9 heteroatoms. The topological polar surface area (TPSA) is 108 Å². The normalized spacial score (nSPS) is 10.3. The van der Waals surface area contributed by atoms with Crippen LogP contribution in [0.2, 0.25) is 10.0 Å². The summed E-state index contributed by atoms with van der Waals surface area (Å²) in [6.07, 6.45) is 0. The molecule has 0 fully saturated rings. The minimum atomic E-state index is -0.745. The van der Waals surface area contributed by atoms with Crippen LogP contribution < -0.4 is 15.8 Å². The number of carbonyl (C=O) groups is 3. The molecule has 0 spiro atoms. The van der Waals surface area contributed by atoms with Gasteiger partial charge in [0.1, 0.15) is 0 Å². The number of primary amides is 1. The van der Waals surface area contributed by atoms with Gasteiger partial charge in [-0.1, -0.05) is 59.6 Å². The van der Waals surface area contributed by atoms with Crippen molar-refractivity contribution in [2.24, 2.45) is 5.73 Å². The Balaban J connectivity index is 2.03. The van der Waals surface area contributed by atoms with Gasteiger partial charge in [0.15, 0.2) is 12.4 Å². The first-order chi connectivity index (χ1) is 15.3. The maximum Gasteiger partial charge on any atom is 0.339 e. The standard InChI is InChI=1S/C23H18Cl2N2O5/c1-31-23(30)16-8-7-14(13-5-3-2-4-6-13)9-19(16)27-22(29)17-10-15(24)11-18(25)21(17)32-12-20(26)28/h2-11H,12H2,1H3,(H2,26,28)(H,27,29). The quantitative estimate of drug-likeness (QED) is 0.489. The lowest BCUT2D eigenvalue weighted by Crippen LogP contribution is -2.22. The van der Waals surface area contributed by atoms with Gasteiger partial charge in [0, 0.05) is 5.02 Å². The number of nitrogens with one attached hydrogen (secondary N) is 1. The molecule has 0 atom stereocenters. The summed E-state index contributed by atoms with van der Waals surface area (Å²) < 4.78 is 10.1. The first kappa shape index (κ1) is 23.1.